The fourth-order valence-corrected chi connectivity index (χ4v) is 4.11. The lowest BCUT2D eigenvalue weighted by Crippen LogP contribution is -2.25. The average molecular weight is 457 g/mol. The van der Waals surface area contributed by atoms with Crippen LogP contribution in [0.5, 0.6) is 17.2 Å². The Kier molecular flexibility index (Phi) is 6.65. The summed E-state index contributed by atoms with van der Waals surface area (Å²) in [5.74, 6) is -1.99. The van der Waals surface area contributed by atoms with Crippen molar-refractivity contribution in [3.05, 3.63) is 29.3 Å². The molecule has 1 aliphatic carbocycles. The Balaban J connectivity index is 1.83. The Morgan fingerprint density at radius 2 is 1.58 bits per heavy atom. The summed E-state index contributed by atoms with van der Waals surface area (Å²) in [6, 6.07) is 4.54. The molecule has 0 amide bonds. The number of aromatic hydroxyl groups is 3. The zero-order valence-electron chi connectivity index (χ0n) is 17.9. The maximum Gasteiger partial charge on any atom is 0.200 e. The molecule has 11 heteroatoms. The first-order valence-electron chi connectivity index (χ1n) is 10.7. The second kappa shape index (κ2) is 9.63. The number of ketones is 1. The Morgan fingerprint density at radius 3 is 2.30 bits per heavy atom. The van der Waals surface area contributed by atoms with E-state index < -0.39 is 23.0 Å². The van der Waals surface area contributed by atoms with Crippen molar-refractivity contribution in [3.8, 4) is 28.5 Å². The fraction of sp³-hybridized carbons (Fsp3) is 0.364. The third-order valence-electron chi connectivity index (χ3n) is 5.56. The quantitative estimate of drug-likeness (QED) is 0.0866. The second-order valence-corrected chi connectivity index (χ2v) is 7.67. The summed E-state index contributed by atoms with van der Waals surface area (Å²) >= 11 is 0. The molecule has 0 radical (unpaired) electrons. The van der Waals surface area contributed by atoms with Crippen LogP contribution in [0.15, 0.2) is 18.2 Å². The minimum atomic E-state index is -0.543. The van der Waals surface area contributed by atoms with Crippen LogP contribution in [0.25, 0.3) is 22.2 Å². The molecule has 176 valence electrons. The lowest BCUT2D eigenvalue weighted by atomic mass is 9.85. The van der Waals surface area contributed by atoms with Gasteiger partial charge in [0.1, 0.15) is 11.4 Å². The normalized spacial score (nSPS) is 12.4. The third kappa shape index (κ3) is 4.07. The molecule has 4 rings (SSSR count). The predicted octanol–water partition coefficient (Wildman–Crippen LogP) is -0.0598. The molecule has 0 atom stereocenters. The molecule has 0 saturated heterocycles. The maximum atomic E-state index is 13.5. The number of aliphatic hydroxyl groups is 2. The Hall–Kier alpha value is -3.38. The van der Waals surface area contributed by atoms with Crippen molar-refractivity contribution in [1.29, 1.82) is 0 Å². The summed E-state index contributed by atoms with van der Waals surface area (Å²) in [6.07, 6.45) is 0. The van der Waals surface area contributed by atoms with Crippen LogP contribution in [-0.4, -0.2) is 87.0 Å². The van der Waals surface area contributed by atoms with Crippen LogP contribution in [-0.2, 0) is 6.54 Å². The number of benzene rings is 2. The second-order valence-electron chi connectivity index (χ2n) is 7.67. The van der Waals surface area contributed by atoms with Gasteiger partial charge in [-0.1, -0.05) is 0 Å². The first-order valence-corrected chi connectivity index (χ1v) is 10.7. The fourth-order valence-electron chi connectivity index (χ4n) is 4.11. The van der Waals surface area contributed by atoms with Crippen LogP contribution in [0.3, 0.4) is 0 Å². The third-order valence-corrected chi connectivity index (χ3v) is 5.56. The molecule has 1 aromatic heterocycles. The number of fused-ring (bicyclic) bond motifs is 2. The maximum absolute atomic E-state index is 13.5. The van der Waals surface area contributed by atoms with Crippen LogP contribution < -0.4 is 16.0 Å². The number of anilines is 1. The molecule has 0 saturated carbocycles. The number of hydrogen-bond acceptors (Lipinski definition) is 10. The number of phenolic OH excluding ortho intramolecular Hbond substituents is 3. The van der Waals surface area contributed by atoms with E-state index in [9.17, 15) is 20.1 Å². The van der Waals surface area contributed by atoms with Crippen molar-refractivity contribution in [3.63, 3.8) is 0 Å². The van der Waals surface area contributed by atoms with E-state index in [4.69, 9.17) is 10.2 Å². The number of hydrogen-bond donors (Lipinski definition) is 8. The highest BCUT2D eigenvalue weighted by atomic mass is 16.3. The van der Waals surface area contributed by atoms with Crippen molar-refractivity contribution in [1.82, 2.24) is 20.4 Å². The van der Waals surface area contributed by atoms with Gasteiger partial charge in [-0.25, -0.2) is 0 Å². The molecular weight excluding hydrogens is 430 g/mol. The summed E-state index contributed by atoms with van der Waals surface area (Å²) in [7, 11) is 0. The van der Waals surface area contributed by atoms with Gasteiger partial charge in [0.25, 0.3) is 0 Å². The lowest BCUT2D eigenvalue weighted by molar-refractivity contribution is 0.103. The monoisotopic (exact) mass is 457 g/mol. The number of rotatable bonds is 11. The molecule has 8 N–H and O–H groups in total. The van der Waals surface area contributed by atoms with Gasteiger partial charge in [-0.15, -0.1) is 0 Å². The van der Waals surface area contributed by atoms with E-state index in [1.807, 2.05) is 6.07 Å². The summed E-state index contributed by atoms with van der Waals surface area (Å²) in [6.45, 7) is 2.91. The Morgan fingerprint density at radius 1 is 0.848 bits per heavy atom. The van der Waals surface area contributed by atoms with Crippen LogP contribution in [0.1, 0.15) is 15.9 Å². The van der Waals surface area contributed by atoms with Gasteiger partial charge in [0.05, 0.1) is 42.0 Å². The number of carbonyl (C=O) groups excluding carboxylic acids is 1. The largest absolute Gasteiger partial charge is 0.507 e. The number of aromatic nitrogens is 2. The van der Waals surface area contributed by atoms with E-state index in [1.54, 1.807) is 10.7 Å². The topological polar surface area (TPSA) is 172 Å². The predicted molar refractivity (Wildman–Crippen MR) is 122 cm³/mol. The number of phenols is 3. The molecule has 0 bridgehead atoms. The molecule has 0 aliphatic heterocycles. The molecule has 2 aromatic carbocycles. The smallest absolute Gasteiger partial charge is 0.200 e. The van der Waals surface area contributed by atoms with Crippen LogP contribution in [0.2, 0.25) is 0 Å². The number of nitrogens with zero attached hydrogens (tertiary/aromatic N) is 2. The van der Waals surface area contributed by atoms with E-state index >= 15 is 0 Å². The van der Waals surface area contributed by atoms with E-state index in [0.29, 0.717) is 67.1 Å². The number of nitrogens with one attached hydrogen (secondary N) is 3. The van der Waals surface area contributed by atoms with Crippen molar-refractivity contribution >= 4 is 22.4 Å². The SMILES string of the molecule is O=C1c2c(O)cc(O)c(O)c2-c2nn(CCNCCO)c3ccc(NCCNCCO)c1c23. The zero-order valence-corrected chi connectivity index (χ0v) is 17.9. The number of carbonyl (C=O) groups is 1. The minimum absolute atomic E-state index is 0.00108. The number of aliphatic hydroxyl groups excluding tert-OH is 2. The average Bonchev–Trinajstić information content (AvgIpc) is 3.16. The van der Waals surface area contributed by atoms with Gasteiger partial charge in [0.15, 0.2) is 17.3 Å². The van der Waals surface area contributed by atoms with Crippen LogP contribution in [0, 0.1) is 0 Å². The summed E-state index contributed by atoms with van der Waals surface area (Å²) in [4.78, 5) is 13.5. The van der Waals surface area contributed by atoms with Gasteiger partial charge < -0.3 is 41.5 Å². The molecule has 1 aliphatic rings. The molecule has 33 heavy (non-hydrogen) atoms. The lowest BCUT2D eigenvalue weighted by Gasteiger charge is -2.20. The summed E-state index contributed by atoms with van der Waals surface area (Å²) in [5, 5.41) is 63.4. The molecule has 3 aromatic rings. The molecular formula is C22H27N5O6. The van der Waals surface area contributed by atoms with Crippen molar-refractivity contribution < 1.29 is 30.3 Å². The van der Waals surface area contributed by atoms with Crippen molar-refractivity contribution in [2.75, 3.05) is 51.3 Å². The Bertz CT molecular complexity index is 1190. The van der Waals surface area contributed by atoms with Crippen molar-refractivity contribution in [2.45, 2.75) is 6.54 Å². The highest BCUT2D eigenvalue weighted by Gasteiger charge is 2.36. The van der Waals surface area contributed by atoms with Crippen LogP contribution >= 0.6 is 0 Å². The first-order chi connectivity index (χ1) is 16.0. The van der Waals surface area contributed by atoms with Crippen molar-refractivity contribution in [2.24, 2.45) is 0 Å². The highest BCUT2D eigenvalue weighted by molar-refractivity contribution is 6.29. The highest BCUT2D eigenvalue weighted by Crippen LogP contribution is 2.51. The van der Waals surface area contributed by atoms with Gasteiger partial charge in [-0.2, -0.15) is 5.10 Å². The van der Waals surface area contributed by atoms with Gasteiger partial charge >= 0.3 is 0 Å². The van der Waals surface area contributed by atoms with E-state index in [0.717, 1.165) is 6.07 Å². The molecule has 11 nitrogen and oxygen atoms in total. The van der Waals surface area contributed by atoms with Gasteiger partial charge in [0, 0.05) is 49.9 Å². The Labute approximate surface area is 189 Å². The first kappa shape index (κ1) is 22.8. The van der Waals surface area contributed by atoms with Gasteiger partial charge in [0.2, 0.25) is 0 Å². The van der Waals surface area contributed by atoms with E-state index in [2.05, 4.69) is 21.0 Å². The van der Waals surface area contributed by atoms with E-state index in [1.165, 1.54) is 0 Å². The standard InChI is InChI=1S/C22H27N5O6/c28-9-6-23-3-4-25-12-1-2-13-17-16(12)22(33)18-14(30)11-15(31)21(32)19(18)20(17)26-27(13)8-5-24-7-10-29/h1-2,11,23-25,28-32H,3-10H2. The van der Waals surface area contributed by atoms with Crippen LogP contribution in [0.4, 0.5) is 5.69 Å². The minimum Gasteiger partial charge on any atom is -0.507 e. The molecule has 0 spiro atoms. The zero-order chi connectivity index (χ0) is 23.5. The molecule has 0 fully saturated rings. The molecule has 0 unspecified atom stereocenters. The van der Waals surface area contributed by atoms with E-state index in [-0.39, 0.29) is 24.3 Å². The van der Waals surface area contributed by atoms with Gasteiger partial charge in [-0.3, -0.25) is 9.48 Å². The summed E-state index contributed by atoms with van der Waals surface area (Å²) in [5.41, 5.74) is 1.72. The molecule has 1 heterocycles. The summed E-state index contributed by atoms with van der Waals surface area (Å²) < 4.78 is 1.69. The van der Waals surface area contributed by atoms with Gasteiger partial charge in [-0.05, 0) is 12.1 Å².